The Bertz CT molecular complexity index is 2080. The van der Waals surface area contributed by atoms with Gasteiger partial charge in [-0.25, -0.2) is 19.4 Å². The number of imide groups is 2. The van der Waals surface area contributed by atoms with E-state index in [1.807, 2.05) is 84.9 Å². The van der Waals surface area contributed by atoms with Crippen LogP contribution in [0.25, 0.3) is 33.6 Å². The van der Waals surface area contributed by atoms with E-state index in [1.165, 1.54) is 7.11 Å². The summed E-state index contributed by atoms with van der Waals surface area (Å²) in [5.41, 5.74) is 2.13. The van der Waals surface area contributed by atoms with Gasteiger partial charge in [0.2, 0.25) is 0 Å². The highest BCUT2D eigenvalue weighted by Gasteiger charge is 2.54. The van der Waals surface area contributed by atoms with Crippen molar-refractivity contribution in [3.8, 4) is 22.3 Å². The summed E-state index contributed by atoms with van der Waals surface area (Å²) in [7, 11) is 3.02. The van der Waals surface area contributed by atoms with Gasteiger partial charge in [0.15, 0.2) is 0 Å². The van der Waals surface area contributed by atoms with E-state index in [4.69, 9.17) is 18.9 Å². The van der Waals surface area contributed by atoms with Crippen LogP contribution in [0.15, 0.2) is 120 Å². The molecule has 0 unspecified atom stereocenters. The van der Waals surface area contributed by atoms with E-state index >= 15 is 0 Å². The number of rotatable bonds is 11. The van der Waals surface area contributed by atoms with E-state index in [-0.39, 0.29) is 29.1 Å². The quantitative estimate of drug-likeness (QED) is 0.153. The van der Waals surface area contributed by atoms with Crippen molar-refractivity contribution in [2.75, 3.05) is 27.4 Å². The first-order valence-corrected chi connectivity index (χ1v) is 17.3. The molecule has 6 rings (SSSR count). The van der Waals surface area contributed by atoms with Crippen molar-refractivity contribution in [3.05, 3.63) is 131 Å². The number of carbonyl (C=O) groups excluding carboxylic acids is 4. The SMILES string of the molecule is COCCC(C)(C)OC(=O)N1C(=O)C2=C(c3ccc(-c4ccccc4)cc3)N(C(=O)OC(C)(C)COC)C(=O)C2=C1c1ccc(-c2ccccc2)cc1. The Hall–Kier alpha value is -5.84. The lowest BCUT2D eigenvalue weighted by Crippen LogP contribution is -2.42. The van der Waals surface area contributed by atoms with Crippen molar-refractivity contribution >= 4 is 35.4 Å². The van der Waals surface area contributed by atoms with Crippen molar-refractivity contribution in [3.63, 3.8) is 0 Å². The van der Waals surface area contributed by atoms with E-state index in [0.29, 0.717) is 24.2 Å². The molecule has 4 aromatic rings. The van der Waals surface area contributed by atoms with E-state index in [9.17, 15) is 19.2 Å². The van der Waals surface area contributed by atoms with Crippen LogP contribution >= 0.6 is 0 Å². The van der Waals surface area contributed by atoms with Gasteiger partial charge in [0, 0.05) is 27.2 Å². The van der Waals surface area contributed by atoms with Crippen LogP contribution < -0.4 is 0 Å². The van der Waals surface area contributed by atoms with Gasteiger partial charge < -0.3 is 18.9 Å². The minimum Gasteiger partial charge on any atom is -0.443 e. The zero-order chi connectivity index (χ0) is 37.9. The van der Waals surface area contributed by atoms with Gasteiger partial charge in [-0.2, -0.15) is 0 Å². The fourth-order valence-corrected chi connectivity index (χ4v) is 6.44. The summed E-state index contributed by atoms with van der Waals surface area (Å²) in [5.74, 6) is -1.62. The summed E-state index contributed by atoms with van der Waals surface area (Å²) in [6, 6.07) is 33.7. The zero-order valence-corrected chi connectivity index (χ0v) is 30.7. The standard InChI is InChI=1S/C43H42N2O8/c1-42(2,25-26-50-5)52-40(48)44-36(32-21-17-30(18-22-32)28-13-9-7-10-14-28)34-35(38(44)46)37(45(39(34)47)41(49)53-43(3,4)27-51-6)33-23-19-31(20-24-33)29-15-11-8-12-16-29/h7-24H,25-27H2,1-6H3. The minimum absolute atomic E-state index is 0.000164. The predicted octanol–water partition coefficient (Wildman–Crippen LogP) is 8.34. The van der Waals surface area contributed by atoms with Crippen LogP contribution in [-0.4, -0.2) is 72.4 Å². The Morgan fingerprint density at radius 2 is 0.868 bits per heavy atom. The summed E-state index contributed by atoms with van der Waals surface area (Å²) in [4.78, 5) is 59.4. The van der Waals surface area contributed by atoms with Crippen LogP contribution in [0.4, 0.5) is 9.59 Å². The second-order valence-electron chi connectivity index (χ2n) is 14.0. The van der Waals surface area contributed by atoms with Gasteiger partial charge in [0.25, 0.3) is 11.8 Å². The van der Waals surface area contributed by atoms with Crippen LogP contribution in [0.2, 0.25) is 0 Å². The van der Waals surface area contributed by atoms with Crippen molar-refractivity contribution in [2.45, 2.75) is 45.3 Å². The number of hydrogen-bond acceptors (Lipinski definition) is 8. The summed E-state index contributed by atoms with van der Waals surface area (Å²) >= 11 is 0. The lowest BCUT2D eigenvalue weighted by atomic mass is 9.98. The molecule has 0 saturated carbocycles. The monoisotopic (exact) mass is 714 g/mol. The smallest absolute Gasteiger partial charge is 0.422 e. The molecule has 4 amide bonds. The number of benzene rings is 4. The normalized spacial score (nSPS) is 14.6. The average molecular weight is 715 g/mol. The first kappa shape index (κ1) is 36.9. The second-order valence-corrected chi connectivity index (χ2v) is 14.0. The first-order chi connectivity index (χ1) is 25.4. The molecular formula is C43H42N2O8. The lowest BCUT2D eigenvalue weighted by Gasteiger charge is -2.29. The maximum atomic E-state index is 14.7. The van der Waals surface area contributed by atoms with Crippen LogP contribution in [0.3, 0.4) is 0 Å². The predicted molar refractivity (Wildman–Crippen MR) is 201 cm³/mol. The molecule has 10 heteroatoms. The highest BCUT2D eigenvalue weighted by Crippen LogP contribution is 2.48. The largest absolute Gasteiger partial charge is 0.443 e. The van der Waals surface area contributed by atoms with Gasteiger partial charge >= 0.3 is 12.2 Å². The van der Waals surface area contributed by atoms with Gasteiger partial charge in [-0.3, -0.25) is 9.59 Å². The van der Waals surface area contributed by atoms with Crippen molar-refractivity contribution in [1.29, 1.82) is 0 Å². The molecule has 0 saturated heterocycles. The number of hydrogen-bond donors (Lipinski definition) is 0. The molecule has 0 radical (unpaired) electrons. The third kappa shape index (κ3) is 7.55. The third-order valence-corrected chi connectivity index (χ3v) is 9.03. The van der Waals surface area contributed by atoms with Gasteiger partial charge in [-0.15, -0.1) is 0 Å². The maximum absolute atomic E-state index is 14.7. The summed E-state index contributed by atoms with van der Waals surface area (Å²) in [6.45, 7) is 7.12. The Morgan fingerprint density at radius 1 is 0.509 bits per heavy atom. The van der Waals surface area contributed by atoms with Crippen molar-refractivity contribution in [2.24, 2.45) is 0 Å². The first-order valence-electron chi connectivity index (χ1n) is 17.3. The fraction of sp³-hybridized carbons (Fsp3) is 0.256. The number of nitrogens with zero attached hydrogens (tertiary/aromatic N) is 2. The molecule has 53 heavy (non-hydrogen) atoms. The molecule has 272 valence electrons. The number of carbonyl (C=O) groups is 4. The van der Waals surface area contributed by atoms with Gasteiger partial charge in [0.1, 0.15) is 11.2 Å². The summed E-state index contributed by atoms with van der Waals surface area (Å²) in [6.07, 6.45) is -1.60. The minimum atomic E-state index is -1.12. The summed E-state index contributed by atoms with van der Waals surface area (Å²) in [5, 5.41) is 0. The molecule has 0 aromatic heterocycles. The fourth-order valence-electron chi connectivity index (χ4n) is 6.44. The van der Waals surface area contributed by atoms with Gasteiger partial charge in [-0.1, -0.05) is 109 Å². The Morgan fingerprint density at radius 3 is 1.25 bits per heavy atom. The summed E-state index contributed by atoms with van der Waals surface area (Å²) < 4.78 is 22.2. The average Bonchev–Trinajstić information content (AvgIpc) is 3.62. The van der Waals surface area contributed by atoms with Crippen molar-refractivity contribution < 1.29 is 38.1 Å². The number of ether oxygens (including phenoxy) is 4. The number of fused-ring (bicyclic) bond motifs is 1. The van der Waals surface area contributed by atoms with E-state index < -0.39 is 35.2 Å². The molecule has 2 heterocycles. The molecule has 10 nitrogen and oxygen atoms in total. The van der Waals surface area contributed by atoms with E-state index in [1.54, 1.807) is 59.1 Å². The molecule has 4 aromatic carbocycles. The Labute approximate surface area is 309 Å². The van der Waals surface area contributed by atoms with Gasteiger partial charge in [0.05, 0.1) is 29.1 Å². The highest BCUT2D eigenvalue weighted by molar-refractivity contribution is 6.35. The molecule has 0 aliphatic carbocycles. The molecule has 0 spiro atoms. The number of methoxy groups -OCH3 is 2. The van der Waals surface area contributed by atoms with Crippen LogP contribution in [-0.2, 0) is 28.5 Å². The van der Waals surface area contributed by atoms with E-state index in [0.717, 1.165) is 32.1 Å². The van der Waals surface area contributed by atoms with Gasteiger partial charge in [-0.05, 0) is 61.1 Å². The zero-order valence-electron chi connectivity index (χ0n) is 30.7. The number of amides is 4. The molecule has 2 aliphatic heterocycles. The molecular weight excluding hydrogens is 672 g/mol. The Balaban J connectivity index is 1.54. The third-order valence-electron chi connectivity index (χ3n) is 9.03. The van der Waals surface area contributed by atoms with Crippen LogP contribution in [0.5, 0.6) is 0 Å². The maximum Gasteiger partial charge on any atom is 0.422 e. The lowest BCUT2D eigenvalue weighted by molar-refractivity contribution is -0.124. The van der Waals surface area contributed by atoms with E-state index in [2.05, 4.69) is 0 Å². The molecule has 0 atom stereocenters. The van der Waals surface area contributed by atoms with Crippen LogP contribution in [0.1, 0.15) is 45.2 Å². The van der Waals surface area contributed by atoms with Crippen molar-refractivity contribution in [1.82, 2.24) is 9.80 Å². The Kier molecular flexibility index (Phi) is 10.5. The highest BCUT2D eigenvalue weighted by atomic mass is 16.6. The van der Waals surface area contributed by atoms with Crippen LogP contribution in [0, 0.1) is 0 Å². The molecule has 0 bridgehead atoms. The molecule has 2 aliphatic rings. The second kappa shape index (κ2) is 15.0. The topological polar surface area (TPSA) is 112 Å². The molecule has 0 N–H and O–H groups in total. The molecule has 0 fully saturated rings.